The van der Waals surface area contributed by atoms with Gasteiger partial charge in [-0.2, -0.15) is 0 Å². The highest BCUT2D eigenvalue weighted by Gasteiger charge is 2.30. The van der Waals surface area contributed by atoms with E-state index >= 15 is 0 Å². The van der Waals surface area contributed by atoms with Gasteiger partial charge in [-0.05, 0) is 37.1 Å². The number of aromatic nitrogens is 1. The van der Waals surface area contributed by atoms with Gasteiger partial charge >= 0.3 is 0 Å². The van der Waals surface area contributed by atoms with Crippen molar-refractivity contribution in [2.24, 2.45) is 12.8 Å². The second-order valence-electron chi connectivity index (χ2n) is 7.15. The Labute approximate surface area is 175 Å². The van der Waals surface area contributed by atoms with Crippen LogP contribution in [0.15, 0.2) is 30.5 Å². The Morgan fingerprint density at radius 3 is 2.72 bits per heavy atom. The smallest absolute Gasteiger partial charge is 0.255 e. The van der Waals surface area contributed by atoms with Gasteiger partial charge in [0.25, 0.3) is 11.8 Å². The van der Waals surface area contributed by atoms with Crippen LogP contribution in [0.3, 0.4) is 0 Å². The Morgan fingerprint density at radius 2 is 2.07 bits per heavy atom. The number of carbonyl (C=O) groups is 2. The monoisotopic (exact) mass is 419 g/mol. The Morgan fingerprint density at radius 1 is 1.28 bits per heavy atom. The van der Waals surface area contributed by atoms with E-state index in [9.17, 15) is 9.59 Å². The topological polar surface area (TPSA) is 86.8 Å². The molecule has 1 atom stereocenters. The number of aryl methyl sites for hydroxylation is 1. The highest BCUT2D eigenvalue weighted by molar-refractivity contribution is 6.32. The van der Waals surface area contributed by atoms with E-state index in [1.807, 2.05) is 24.2 Å². The van der Waals surface area contributed by atoms with Crippen LogP contribution in [-0.2, 0) is 11.8 Å². The number of amides is 2. The molecule has 0 spiro atoms. The molecule has 0 saturated carbocycles. The Hall–Kier alpha value is -2.67. The maximum atomic E-state index is 13.5. The van der Waals surface area contributed by atoms with Gasteiger partial charge in [-0.3, -0.25) is 9.59 Å². The molecule has 1 aromatic carbocycles. The number of rotatable bonds is 6. The van der Waals surface area contributed by atoms with E-state index in [1.165, 1.54) is 7.11 Å². The van der Waals surface area contributed by atoms with Crippen LogP contribution >= 0.6 is 11.6 Å². The van der Waals surface area contributed by atoms with Crippen molar-refractivity contribution in [2.45, 2.75) is 31.7 Å². The van der Waals surface area contributed by atoms with Gasteiger partial charge in [0, 0.05) is 31.0 Å². The molecule has 1 unspecified atom stereocenters. The molecule has 1 aromatic heterocycles. The number of benzene rings is 1. The summed E-state index contributed by atoms with van der Waals surface area (Å²) in [6, 6.07) is 7.20. The predicted molar refractivity (Wildman–Crippen MR) is 110 cm³/mol. The van der Waals surface area contributed by atoms with E-state index in [2.05, 4.69) is 10.6 Å². The molecule has 2 N–H and O–H groups in total. The lowest BCUT2D eigenvalue weighted by Crippen LogP contribution is -2.35. The van der Waals surface area contributed by atoms with Gasteiger partial charge in [0.15, 0.2) is 18.1 Å². The predicted octanol–water partition coefficient (Wildman–Crippen LogP) is 3.31. The van der Waals surface area contributed by atoms with Gasteiger partial charge in [-0.15, -0.1) is 0 Å². The molecule has 8 heteroatoms. The van der Waals surface area contributed by atoms with Crippen LogP contribution < -0.4 is 15.2 Å². The third-order valence-electron chi connectivity index (χ3n) is 5.17. The minimum Gasteiger partial charge on any atom is -0.493 e. The quantitative estimate of drug-likeness (QED) is 0.778. The van der Waals surface area contributed by atoms with E-state index in [0.29, 0.717) is 12.1 Å². The lowest BCUT2D eigenvalue weighted by molar-refractivity contribution is -0.119. The summed E-state index contributed by atoms with van der Waals surface area (Å²) in [5, 5.41) is 0.194. The van der Waals surface area contributed by atoms with Gasteiger partial charge in [0.1, 0.15) is 0 Å². The van der Waals surface area contributed by atoms with Crippen molar-refractivity contribution >= 4 is 23.4 Å². The highest BCUT2D eigenvalue weighted by atomic mass is 35.5. The summed E-state index contributed by atoms with van der Waals surface area (Å²) in [5.74, 6) is -0.260. The normalized spacial score (nSPS) is 16.9. The van der Waals surface area contributed by atoms with Gasteiger partial charge < -0.3 is 24.7 Å². The third-order valence-corrected chi connectivity index (χ3v) is 5.45. The number of nitrogens with zero attached hydrogens (tertiary/aromatic N) is 2. The molecule has 156 valence electrons. The lowest BCUT2D eigenvalue weighted by Gasteiger charge is -2.31. The summed E-state index contributed by atoms with van der Waals surface area (Å²) in [6.07, 6.45) is 6.03. The van der Waals surface area contributed by atoms with Crippen LogP contribution in [0, 0.1) is 0 Å². The average Bonchev–Trinajstić information content (AvgIpc) is 2.97. The van der Waals surface area contributed by atoms with E-state index in [-0.39, 0.29) is 35.1 Å². The van der Waals surface area contributed by atoms with E-state index in [0.717, 1.165) is 31.4 Å². The number of hydrogen-bond acceptors (Lipinski definition) is 4. The van der Waals surface area contributed by atoms with Crippen LogP contribution in [0.1, 0.15) is 47.8 Å². The summed E-state index contributed by atoms with van der Waals surface area (Å²) in [7, 11) is 3.45. The zero-order valence-corrected chi connectivity index (χ0v) is 17.4. The maximum absolute atomic E-state index is 13.5. The molecule has 1 fully saturated rings. The second kappa shape index (κ2) is 9.22. The van der Waals surface area contributed by atoms with Gasteiger partial charge in [-0.1, -0.05) is 24.4 Å². The van der Waals surface area contributed by atoms with Crippen LogP contribution in [0.4, 0.5) is 0 Å². The largest absolute Gasteiger partial charge is 0.493 e. The van der Waals surface area contributed by atoms with Gasteiger partial charge in [0.05, 0.1) is 18.2 Å². The molecule has 2 aromatic rings. The molecule has 7 nitrogen and oxygen atoms in total. The first-order valence-corrected chi connectivity index (χ1v) is 10.0. The molecule has 0 aliphatic carbocycles. The minimum absolute atomic E-state index is 0.000517. The number of nitrogens with two attached hydrogens (primary N) is 1. The second-order valence-corrected chi connectivity index (χ2v) is 7.56. The summed E-state index contributed by atoms with van der Waals surface area (Å²) in [5.41, 5.74) is 6.66. The van der Waals surface area contributed by atoms with E-state index in [4.69, 9.17) is 26.8 Å². The number of likely N-dealkylation sites (tertiary alicyclic amines) is 1. The molecule has 1 aliphatic rings. The number of hydrogen-bond donors (Lipinski definition) is 1. The Balaban J connectivity index is 1.93. The molecule has 3 rings (SSSR count). The number of ether oxygens (including phenoxy) is 2. The first-order valence-electron chi connectivity index (χ1n) is 9.63. The standard InChI is InChI=1S/C21H26ClN3O4/c1-24-9-6-8-16(24)17-7-4-3-5-10-25(17)21(27)14-11-15(22)20(18(12-14)28-2)29-13-19(23)26/h6,8-9,11-12,17H,3-5,7,10,13H2,1-2H3,(H2,23,26). The van der Waals surface area contributed by atoms with Crippen molar-refractivity contribution in [1.82, 2.24) is 9.47 Å². The highest BCUT2D eigenvalue weighted by Crippen LogP contribution is 2.38. The summed E-state index contributed by atoms with van der Waals surface area (Å²) >= 11 is 6.34. The fourth-order valence-corrected chi connectivity index (χ4v) is 4.04. The van der Waals surface area contributed by atoms with Crippen molar-refractivity contribution in [2.75, 3.05) is 20.3 Å². The van der Waals surface area contributed by atoms with Crippen LogP contribution in [0.5, 0.6) is 11.5 Å². The molecule has 0 radical (unpaired) electrons. The fourth-order valence-electron chi connectivity index (χ4n) is 3.77. The molecule has 1 saturated heterocycles. The number of halogens is 1. The summed E-state index contributed by atoms with van der Waals surface area (Å²) < 4.78 is 12.8. The molecule has 29 heavy (non-hydrogen) atoms. The number of carbonyl (C=O) groups excluding carboxylic acids is 2. The number of methoxy groups -OCH3 is 1. The summed E-state index contributed by atoms with van der Waals surface area (Å²) in [4.78, 5) is 26.4. The maximum Gasteiger partial charge on any atom is 0.255 e. The third kappa shape index (κ3) is 4.67. The molecule has 2 amide bonds. The van der Waals surface area contributed by atoms with Crippen molar-refractivity contribution in [3.8, 4) is 11.5 Å². The Kier molecular flexibility index (Phi) is 6.69. The minimum atomic E-state index is -0.627. The molecule has 1 aliphatic heterocycles. The van der Waals surface area contributed by atoms with E-state index < -0.39 is 5.91 Å². The Bertz CT molecular complexity index is 896. The van der Waals surface area contributed by atoms with Crippen LogP contribution in [0.25, 0.3) is 0 Å². The fraction of sp³-hybridized carbons (Fsp3) is 0.429. The van der Waals surface area contributed by atoms with Crippen molar-refractivity contribution < 1.29 is 19.1 Å². The van der Waals surface area contributed by atoms with Crippen molar-refractivity contribution in [1.29, 1.82) is 0 Å². The first-order chi connectivity index (χ1) is 13.9. The van der Waals surface area contributed by atoms with Crippen LogP contribution in [-0.4, -0.2) is 41.5 Å². The van der Waals surface area contributed by atoms with Crippen molar-refractivity contribution in [3.05, 3.63) is 46.7 Å². The number of primary amides is 1. The molecule has 2 heterocycles. The average molecular weight is 420 g/mol. The molecular formula is C21H26ClN3O4. The molecular weight excluding hydrogens is 394 g/mol. The first kappa shape index (κ1) is 21.0. The van der Waals surface area contributed by atoms with E-state index in [1.54, 1.807) is 12.1 Å². The van der Waals surface area contributed by atoms with Crippen molar-refractivity contribution in [3.63, 3.8) is 0 Å². The van der Waals surface area contributed by atoms with Crippen LogP contribution in [0.2, 0.25) is 5.02 Å². The zero-order chi connectivity index (χ0) is 21.0. The zero-order valence-electron chi connectivity index (χ0n) is 16.7. The van der Waals surface area contributed by atoms with Gasteiger partial charge in [-0.25, -0.2) is 0 Å². The SMILES string of the molecule is COc1cc(C(=O)N2CCCCCC2c2cccn2C)cc(Cl)c1OCC(N)=O. The molecule has 0 bridgehead atoms. The lowest BCUT2D eigenvalue weighted by atomic mass is 10.0. The van der Waals surface area contributed by atoms with Gasteiger partial charge in [0.2, 0.25) is 0 Å². The summed E-state index contributed by atoms with van der Waals surface area (Å²) in [6.45, 7) is 0.347.